The number of hydrogen-bond donors (Lipinski definition) is 3. The van der Waals surface area contributed by atoms with Crippen molar-refractivity contribution in [2.75, 3.05) is 0 Å². The zero-order valence-corrected chi connectivity index (χ0v) is 12.4. The van der Waals surface area contributed by atoms with Crippen LogP contribution >= 0.6 is 0 Å². The molecule has 5 heteroatoms. The van der Waals surface area contributed by atoms with Gasteiger partial charge in [0.2, 0.25) is 5.91 Å². The molecule has 0 bridgehead atoms. The molecule has 0 spiro atoms. The second-order valence-corrected chi connectivity index (χ2v) is 5.17. The highest BCUT2D eigenvalue weighted by Gasteiger charge is 2.22. The SMILES string of the molecule is CCCCC(NC(=O)C(N)CCc1ccccc1)C(=O)O. The largest absolute Gasteiger partial charge is 0.480 e. The van der Waals surface area contributed by atoms with Crippen molar-refractivity contribution < 1.29 is 14.7 Å². The Bertz CT molecular complexity index is 448. The van der Waals surface area contributed by atoms with Crippen molar-refractivity contribution in [1.82, 2.24) is 5.32 Å². The number of hydrogen-bond acceptors (Lipinski definition) is 3. The molecular weight excluding hydrogens is 268 g/mol. The van der Waals surface area contributed by atoms with Gasteiger partial charge < -0.3 is 16.2 Å². The van der Waals surface area contributed by atoms with E-state index < -0.39 is 24.0 Å². The minimum Gasteiger partial charge on any atom is -0.480 e. The molecule has 5 nitrogen and oxygen atoms in total. The number of carbonyl (C=O) groups excluding carboxylic acids is 1. The Hall–Kier alpha value is -1.88. The fourth-order valence-electron chi connectivity index (χ4n) is 2.04. The number of carboxylic acids is 1. The van der Waals surface area contributed by atoms with Crippen LogP contribution in [0.2, 0.25) is 0 Å². The number of carboxylic acid groups (broad SMARTS) is 1. The van der Waals surface area contributed by atoms with Crippen molar-refractivity contribution in [1.29, 1.82) is 0 Å². The topological polar surface area (TPSA) is 92.4 Å². The van der Waals surface area contributed by atoms with E-state index in [1.54, 1.807) is 0 Å². The molecule has 1 rings (SSSR count). The van der Waals surface area contributed by atoms with Gasteiger partial charge in [-0.25, -0.2) is 4.79 Å². The second-order valence-electron chi connectivity index (χ2n) is 5.17. The number of unbranched alkanes of at least 4 members (excludes halogenated alkanes) is 1. The number of nitrogens with two attached hydrogens (primary N) is 1. The first kappa shape index (κ1) is 17.2. The van der Waals surface area contributed by atoms with Crippen molar-refractivity contribution in [2.24, 2.45) is 5.73 Å². The highest BCUT2D eigenvalue weighted by molar-refractivity contribution is 5.86. The molecule has 21 heavy (non-hydrogen) atoms. The minimum atomic E-state index is -1.01. The van der Waals surface area contributed by atoms with E-state index in [0.29, 0.717) is 19.3 Å². The van der Waals surface area contributed by atoms with Gasteiger partial charge in [-0.05, 0) is 24.8 Å². The molecule has 4 N–H and O–H groups in total. The highest BCUT2D eigenvalue weighted by Crippen LogP contribution is 2.05. The van der Waals surface area contributed by atoms with Gasteiger partial charge in [-0.15, -0.1) is 0 Å². The summed E-state index contributed by atoms with van der Waals surface area (Å²) in [6.45, 7) is 1.98. The lowest BCUT2D eigenvalue weighted by molar-refractivity contribution is -0.142. The number of amides is 1. The average molecular weight is 292 g/mol. The maximum absolute atomic E-state index is 11.9. The van der Waals surface area contributed by atoms with E-state index in [0.717, 1.165) is 18.4 Å². The van der Waals surface area contributed by atoms with E-state index in [2.05, 4.69) is 5.32 Å². The molecular formula is C16H24N2O3. The molecule has 0 aliphatic carbocycles. The Balaban J connectivity index is 2.43. The number of rotatable bonds is 9. The number of aliphatic carboxylic acids is 1. The molecule has 0 aliphatic heterocycles. The maximum Gasteiger partial charge on any atom is 0.326 e. The first-order chi connectivity index (χ1) is 10.0. The van der Waals surface area contributed by atoms with E-state index in [1.165, 1.54) is 0 Å². The standard InChI is InChI=1S/C16H24N2O3/c1-2-3-9-14(16(20)21)18-15(19)13(17)11-10-12-7-5-4-6-8-12/h4-8,13-14H,2-3,9-11,17H2,1H3,(H,18,19)(H,20,21). The lowest BCUT2D eigenvalue weighted by Crippen LogP contribution is -2.48. The summed E-state index contributed by atoms with van der Waals surface area (Å²) in [6.07, 6.45) is 3.28. The predicted molar refractivity (Wildman–Crippen MR) is 81.8 cm³/mol. The zero-order chi connectivity index (χ0) is 15.7. The zero-order valence-electron chi connectivity index (χ0n) is 12.4. The van der Waals surface area contributed by atoms with Crippen LogP contribution in [0.1, 0.15) is 38.2 Å². The molecule has 1 amide bonds. The molecule has 2 atom stereocenters. The van der Waals surface area contributed by atoms with E-state index in [1.807, 2.05) is 37.3 Å². The molecule has 0 fully saturated rings. The van der Waals surface area contributed by atoms with Crippen LogP contribution in [-0.4, -0.2) is 29.1 Å². The highest BCUT2D eigenvalue weighted by atomic mass is 16.4. The normalized spacial score (nSPS) is 13.4. The Labute approximate surface area is 125 Å². The van der Waals surface area contributed by atoms with Crippen molar-refractivity contribution in [2.45, 2.75) is 51.1 Å². The third-order valence-electron chi connectivity index (χ3n) is 3.38. The summed E-state index contributed by atoms with van der Waals surface area (Å²) >= 11 is 0. The van der Waals surface area contributed by atoms with Crippen LogP contribution in [0.25, 0.3) is 0 Å². The summed E-state index contributed by atoms with van der Waals surface area (Å²) in [6, 6.07) is 8.23. The Kier molecular flexibility index (Phi) is 7.46. The summed E-state index contributed by atoms with van der Waals surface area (Å²) in [5.41, 5.74) is 6.95. The summed E-state index contributed by atoms with van der Waals surface area (Å²) in [5.74, 6) is -1.40. The first-order valence-electron chi connectivity index (χ1n) is 7.37. The van der Waals surface area contributed by atoms with E-state index in [-0.39, 0.29) is 0 Å². The van der Waals surface area contributed by atoms with Crippen LogP contribution in [0.3, 0.4) is 0 Å². The molecule has 1 aromatic carbocycles. The van der Waals surface area contributed by atoms with Crippen molar-refractivity contribution in [3.05, 3.63) is 35.9 Å². The molecule has 0 radical (unpaired) electrons. The van der Waals surface area contributed by atoms with Crippen LogP contribution in [0.4, 0.5) is 0 Å². The summed E-state index contributed by atoms with van der Waals surface area (Å²) in [5, 5.41) is 11.6. The third kappa shape index (κ3) is 6.40. The second kappa shape index (κ2) is 9.13. The lowest BCUT2D eigenvalue weighted by Gasteiger charge is -2.17. The van der Waals surface area contributed by atoms with E-state index in [4.69, 9.17) is 10.8 Å². The van der Waals surface area contributed by atoms with Gasteiger partial charge in [0.15, 0.2) is 0 Å². The molecule has 2 unspecified atom stereocenters. The van der Waals surface area contributed by atoms with Gasteiger partial charge in [-0.1, -0.05) is 50.1 Å². The molecule has 0 heterocycles. The monoisotopic (exact) mass is 292 g/mol. The van der Waals surface area contributed by atoms with Crippen LogP contribution in [0.5, 0.6) is 0 Å². The van der Waals surface area contributed by atoms with Crippen LogP contribution in [-0.2, 0) is 16.0 Å². The summed E-state index contributed by atoms with van der Waals surface area (Å²) < 4.78 is 0. The van der Waals surface area contributed by atoms with Gasteiger partial charge in [0.1, 0.15) is 6.04 Å². The minimum absolute atomic E-state index is 0.394. The Morgan fingerprint density at radius 1 is 1.24 bits per heavy atom. The first-order valence-corrected chi connectivity index (χ1v) is 7.37. The average Bonchev–Trinajstić information content (AvgIpc) is 2.49. The van der Waals surface area contributed by atoms with Crippen LogP contribution < -0.4 is 11.1 Å². The van der Waals surface area contributed by atoms with Crippen LogP contribution in [0.15, 0.2) is 30.3 Å². The molecule has 0 aromatic heterocycles. The fraction of sp³-hybridized carbons (Fsp3) is 0.500. The maximum atomic E-state index is 11.9. The van der Waals surface area contributed by atoms with Gasteiger partial charge in [0, 0.05) is 0 Å². The molecule has 116 valence electrons. The molecule has 0 aliphatic rings. The smallest absolute Gasteiger partial charge is 0.326 e. The van der Waals surface area contributed by atoms with Crippen molar-refractivity contribution >= 4 is 11.9 Å². The van der Waals surface area contributed by atoms with Crippen molar-refractivity contribution in [3.8, 4) is 0 Å². The summed E-state index contributed by atoms with van der Waals surface area (Å²) in [7, 11) is 0. The predicted octanol–water partition coefficient (Wildman–Crippen LogP) is 1.71. The number of carbonyl (C=O) groups is 2. The van der Waals surface area contributed by atoms with Crippen LogP contribution in [0, 0.1) is 0 Å². The van der Waals surface area contributed by atoms with Crippen molar-refractivity contribution in [3.63, 3.8) is 0 Å². The fourth-order valence-corrected chi connectivity index (χ4v) is 2.04. The van der Waals surface area contributed by atoms with E-state index in [9.17, 15) is 9.59 Å². The van der Waals surface area contributed by atoms with Gasteiger partial charge in [-0.3, -0.25) is 4.79 Å². The third-order valence-corrected chi connectivity index (χ3v) is 3.38. The molecule has 1 aromatic rings. The van der Waals surface area contributed by atoms with Gasteiger partial charge in [0.25, 0.3) is 0 Å². The van der Waals surface area contributed by atoms with E-state index >= 15 is 0 Å². The van der Waals surface area contributed by atoms with Gasteiger partial charge in [-0.2, -0.15) is 0 Å². The number of aryl methyl sites for hydroxylation is 1. The lowest BCUT2D eigenvalue weighted by atomic mass is 10.0. The Morgan fingerprint density at radius 2 is 1.90 bits per heavy atom. The van der Waals surface area contributed by atoms with Gasteiger partial charge in [0.05, 0.1) is 6.04 Å². The summed E-state index contributed by atoms with van der Waals surface area (Å²) in [4.78, 5) is 23.0. The number of nitrogens with one attached hydrogen (secondary N) is 1. The Morgan fingerprint density at radius 3 is 2.48 bits per heavy atom. The molecule has 0 saturated carbocycles. The number of benzene rings is 1. The molecule has 0 saturated heterocycles. The van der Waals surface area contributed by atoms with Gasteiger partial charge >= 0.3 is 5.97 Å². The quantitative estimate of drug-likeness (QED) is 0.646.